The predicted molar refractivity (Wildman–Crippen MR) is 78.3 cm³/mol. The average Bonchev–Trinajstić information content (AvgIpc) is 2.39. The molecule has 0 radical (unpaired) electrons. The zero-order chi connectivity index (χ0) is 13.2. The van der Waals surface area contributed by atoms with Gasteiger partial charge in [0.05, 0.1) is 12.3 Å². The van der Waals surface area contributed by atoms with Crippen LogP contribution < -0.4 is 4.74 Å². The lowest BCUT2D eigenvalue weighted by Gasteiger charge is -2.02. The van der Waals surface area contributed by atoms with Crippen molar-refractivity contribution in [2.45, 2.75) is 13.8 Å². The van der Waals surface area contributed by atoms with Gasteiger partial charge in [0.25, 0.3) is 0 Å². The van der Waals surface area contributed by atoms with Gasteiger partial charge < -0.3 is 10.1 Å². The third kappa shape index (κ3) is 5.30. The van der Waals surface area contributed by atoms with Crippen LogP contribution in [0.4, 0.5) is 0 Å². The van der Waals surface area contributed by atoms with E-state index in [0.29, 0.717) is 12.3 Å². The van der Waals surface area contributed by atoms with Gasteiger partial charge in [0.1, 0.15) is 5.75 Å². The molecule has 0 aromatic heterocycles. The molecule has 0 saturated carbocycles. The summed E-state index contributed by atoms with van der Waals surface area (Å²) in [5.74, 6) is 0.873. The lowest BCUT2D eigenvalue weighted by molar-refractivity contribution is 0.340. The second kappa shape index (κ2) is 8.07. The van der Waals surface area contributed by atoms with Crippen LogP contribution in [-0.2, 0) is 0 Å². The van der Waals surface area contributed by atoms with Crippen LogP contribution in [-0.4, -0.2) is 12.3 Å². The molecule has 0 aliphatic heterocycles. The molecular formula is C16H19NO. The van der Waals surface area contributed by atoms with Crippen molar-refractivity contribution in [1.29, 1.82) is 5.41 Å². The summed E-state index contributed by atoms with van der Waals surface area (Å²) in [7, 11) is 0. The molecule has 1 aromatic carbocycles. The van der Waals surface area contributed by atoms with E-state index in [2.05, 4.69) is 0 Å². The lowest BCUT2D eigenvalue weighted by atomic mass is 10.2. The first-order valence-corrected chi connectivity index (χ1v) is 6.05. The molecule has 1 N–H and O–H groups in total. The molecule has 1 aromatic rings. The van der Waals surface area contributed by atoms with E-state index >= 15 is 0 Å². The van der Waals surface area contributed by atoms with Gasteiger partial charge in [-0.05, 0) is 43.7 Å². The Morgan fingerprint density at radius 2 is 1.89 bits per heavy atom. The van der Waals surface area contributed by atoms with Gasteiger partial charge >= 0.3 is 0 Å². The Morgan fingerprint density at radius 3 is 2.50 bits per heavy atom. The molecule has 0 aliphatic carbocycles. The summed E-state index contributed by atoms with van der Waals surface area (Å²) in [6.45, 7) is 4.59. The normalized spacial score (nSPS) is 11.7. The fourth-order valence-corrected chi connectivity index (χ4v) is 1.35. The molecule has 2 nitrogen and oxygen atoms in total. The number of rotatable bonds is 6. The van der Waals surface area contributed by atoms with Gasteiger partial charge in [-0.3, -0.25) is 0 Å². The monoisotopic (exact) mass is 241 g/mol. The molecule has 0 bridgehead atoms. The third-order valence-corrected chi connectivity index (χ3v) is 2.23. The van der Waals surface area contributed by atoms with Crippen molar-refractivity contribution in [1.82, 2.24) is 0 Å². The summed E-state index contributed by atoms with van der Waals surface area (Å²) >= 11 is 0. The molecule has 0 heterocycles. The molecule has 0 amide bonds. The molecule has 1 rings (SSSR count). The number of hydrogen-bond acceptors (Lipinski definition) is 2. The van der Waals surface area contributed by atoms with Gasteiger partial charge in [-0.15, -0.1) is 0 Å². The van der Waals surface area contributed by atoms with E-state index in [9.17, 15) is 0 Å². The Kier molecular flexibility index (Phi) is 6.26. The van der Waals surface area contributed by atoms with Crippen molar-refractivity contribution in [2.75, 3.05) is 6.61 Å². The van der Waals surface area contributed by atoms with Crippen molar-refractivity contribution < 1.29 is 4.74 Å². The van der Waals surface area contributed by atoms with Crippen LogP contribution in [0.15, 0.2) is 54.6 Å². The van der Waals surface area contributed by atoms with Crippen LogP contribution in [0.5, 0.6) is 5.75 Å². The van der Waals surface area contributed by atoms with E-state index < -0.39 is 0 Å². The average molecular weight is 241 g/mol. The van der Waals surface area contributed by atoms with E-state index in [4.69, 9.17) is 10.1 Å². The van der Waals surface area contributed by atoms with E-state index in [1.807, 2.05) is 62.4 Å². The Morgan fingerprint density at radius 1 is 1.17 bits per heavy atom. The SMILES string of the molecule is CC=CC=CC(=N)C=Cc1ccc(OCC)cc1. The van der Waals surface area contributed by atoms with Gasteiger partial charge in [-0.25, -0.2) is 0 Å². The highest BCUT2D eigenvalue weighted by Gasteiger charge is 1.91. The summed E-state index contributed by atoms with van der Waals surface area (Å²) in [5, 5.41) is 7.69. The Balaban J connectivity index is 2.58. The molecule has 0 atom stereocenters. The highest BCUT2D eigenvalue weighted by atomic mass is 16.5. The topological polar surface area (TPSA) is 33.1 Å². The van der Waals surface area contributed by atoms with Crippen molar-refractivity contribution in [3.8, 4) is 5.75 Å². The zero-order valence-electron chi connectivity index (χ0n) is 10.9. The predicted octanol–water partition coefficient (Wildman–Crippen LogP) is 4.25. The fraction of sp³-hybridized carbons (Fsp3) is 0.188. The summed E-state index contributed by atoms with van der Waals surface area (Å²) in [6, 6.07) is 7.82. The number of nitrogens with one attached hydrogen (secondary N) is 1. The second-order valence-corrected chi connectivity index (χ2v) is 3.68. The molecule has 0 spiro atoms. The third-order valence-electron chi connectivity index (χ3n) is 2.23. The minimum atomic E-state index is 0.474. The van der Waals surface area contributed by atoms with Gasteiger partial charge in [0.2, 0.25) is 0 Å². The molecular weight excluding hydrogens is 222 g/mol. The van der Waals surface area contributed by atoms with E-state index in [-0.39, 0.29) is 0 Å². The van der Waals surface area contributed by atoms with E-state index in [1.54, 1.807) is 12.2 Å². The molecule has 18 heavy (non-hydrogen) atoms. The van der Waals surface area contributed by atoms with Crippen LogP contribution in [0.1, 0.15) is 19.4 Å². The zero-order valence-corrected chi connectivity index (χ0v) is 10.9. The standard InChI is InChI=1S/C16H19NO/c1-3-5-6-7-15(17)11-8-14-9-12-16(13-10-14)18-4-2/h3,5-13,17H,4H2,1-2H3. The quantitative estimate of drug-likeness (QED) is 0.586. The van der Waals surface area contributed by atoms with Crippen molar-refractivity contribution in [3.63, 3.8) is 0 Å². The van der Waals surface area contributed by atoms with Crippen molar-refractivity contribution in [3.05, 3.63) is 60.2 Å². The van der Waals surface area contributed by atoms with Crippen molar-refractivity contribution in [2.24, 2.45) is 0 Å². The Bertz CT molecular complexity index is 452. The van der Waals surface area contributed by atoms with Gasteiger partial charge in [-0.2, -0.15) is 0 Å². The minimum Gasteiger partial charge on any atom is -0.494 e. The van der Waals surface area contributed by atoms with E-state index in [1.165, 1.54) is 0 Å². The smallest absolute Gasteiger partial charge is 0.119 e. The first-order valence-electron chi connectivity index (χ1n) is 6.05. The van der Waals surface area contributed by atoms with Gasteiger partial charge in [0.15, 0.2) is 0 Å². The van der Waals surface area contributed by atoms with Crippen LogP contribution in [0.25, 0.3) is 6.08 Å². The maximum atomic E-state index is 7.69. The second-order valence-electron chi connectivity index (χ2n) is 3.68. The van der Waals surface area contributed by atoms with Crippen LogP contribution in [0.2, 0.25) is 0 Å². The largest absolute Gasteiger partial charge is 0.494 e. The number of allylic oxidation sites excluding steroid dienone is 5. The van der Waals surface area contributed by atoms with Crippen LogP contribution >= 0.6 is 0 Å². The molecule has 2 heteroatoms. The lowest BCUT2D eigenvalue weighted by Crippen LogP contribution is -1.90. The summed E-state index contributed by atoms with van der Waals surface area (Å²) in [6.07, 6.45) is 11.1. The Hall–Kier alpha value is -2.09. The van der Waals surface area contributed by atoms with Gasteiger partial charge in [0, 0.05) is 0 Å². The summed E-state index contributed by atoms with van der Waals surface area (Å²) < 4.78 is 5.37. The molecule has 0 fully saturated rings. The molecule has 0 saturated heterocycles. The van der Waals surface area contributed by atoms with E-state index in [0.717, 1.165) is 11.3 Å². The highest BCUT2D eigenvalue weighted by Crippen LogP contribution is 2.13. The molecule has 0 unspecified atom stereocenters. The van der Waals surface area contributed by atoms with Crippen LogP contribution in [0.3, 0.4) is 0 Å². The minimum absolute atomic E-state index is 0.474. The van der Waals surface area contributed by atoms with Gasteiger partial charge in [-0.1, -0.05) is 36.4 Å². The fourth-order valence-electron chi connectivity index (χ4n) is 1.35. The highest BCUT2D eigenvalue weighted by molar-refractivity contribution is 6.04. The maximum Gasteiger partial charge on any atom is 0.119 e. The number of benzene rings is 1. The summed E-state index contributed by atoms with van der Waals surface area (Å²) in [4.78, 5) is 0. The molecule has 0 aliphatic rings. The summed E-state index contributed by atoms with van der Waals surface area (Å²) in [5.41, 5.74) is 1.53. The van der Waals surface area contributed by atoms with Crippen LogP contribution in [0, 0.1) is 5.41 Å². The Labute approximate surface area is 109 Å². The first kappa shape index (κ1) is 14.0. The maximum absolute atomic E-state index is 7.69. The number of hydrogen-bond donors (Lipinski definition) is 1. The van der Waals surface area contributed by atoms with Crippen molar-refractivity contribution >= 4 is 11.8 Å². The number of ether oxygens (including phenoxy) is 1. The molecule has 94 valence electrons. The first-order chi connectivity index (χ1) is 8.76.